The first kappa shape index (κ1) is 11.4. The minimum Gasteiger partial charge on any atom is -0.424 e. The smallest absolute Gasteiger partial charge is 0.358 e. The predicted molar refractivity (Wildman–Crippen MR) is 70.5 cm³/mol. The Kier molecular flexibility index (Phi) is 2.72. The Morgan fingerprint density at radius 1 is 1.00 bits per heavy atom. The quantitative estimate of drug-likeness (QED) is 0.702. The van der Waals surface area contributed by atoms with Crippen LogP contribution in [0.2, 0.25) is 0 Å². The van der Waals surface area contributed by atoms with E-state index in [4.69, 9.17) is 4.74 Å². The van der Waals surface area contributed by atoms with Gasteiger partial charge in [-0.3, -0.25) is 0 Å². The van der Waals surface area contributed by atoms with Crippen molar-refractivity contribution in [3.05, 3.63) is 64.7 Å². The maximum absolute atomic E-state index is 11.9. The van der Waals surface area contributed by atoms with E-state index in [1.807, 2.05) is 37.3 Å². The van der Waals surface area contributed by atoms with Crippen molar-refractivity contribution in [1.82, 2.24) is 14.4 Å². The molecule has 19 heavy (non-hydrogen) atoms. The van der Waals surface area contributed by atoms with E-state index in [0.717, 1.165) is 5.69 Å². The molecule has 5 heteroatoms. The lowest BCUT2D eigenvalue weighted by molar-refractivity contribution is 0.438. The summed E-state index contributed by atoms with van der Waals surface area (Å²) < 4.78 is 6.91. The highest BCUT2D eigenvalue weighted by Crippen LogP contribution is 2.16. The highest BCUT2D eigenvalue weighted by molar-refractivity contribution is 5.40. The number of para-hydroxylation sites is 1. The molecule has 0 spiro atoms. The van der Waals surface area contributed by atoms with E-state index in [9.17, 15) is 4.79 Å². The fourth-order valence-electron chi connectivity index (χ4n) is 1.83. The Bertz CT molecular complexity index is 782. The third kappa shape index (κ3) is 2.18. The first-order valence-corrected chi connectivity index (χ1v) is 5.83. The van der Waals surface area contributed by atoms with Gasteiger partial charge in [-0.1, -0.05) is 24.3 Å². The number of pyridine rings is 1. The van der Waals surface area contributed by atoms with Crippen LogP contribution in [-0.4, -0.2) is 14.4 Å². The Labute approximate surface area is 109 Å². The number of rotatable bonds is 2. The fourth-order valence-corrected chi connectivity index (χ4v) is 1.83. The maximum Gasteiger partial charge on any atom is 0.358 e. The maximum atomic E-state index is 11.9. The second-order valence-electron chi connectivity index (χ2n) is 4.06. The van der Waals surface area contributed by atoms with Crippen LogP contribution in [0.1, 0.15) is 5.69 Å². The SMILES string of the molecule is Cc1cccc2nc(Oc3ccccc3)nc(=O)n12. The molecule has 0 fully saturated rings. The molecule has 0 aliphatic carbocycles. The summed E-state index contributed by atoms with van der Waals surface area (Å²) in [4.78, 5) is 20.0. The lowest BCUT2D eigenvalue weighted by Crippen LogP contribution is -2.20. The van der Waals surface area contributed by atoms with Crippen LogP contribution in [-0.2, 0) is 0 Å². The molecule has 3 aromatic rings. The molecule has 0 unspecified atom stereocenters. The van der Waals surface area contributed by atoms with Gasteiger partial charge < -0.3 is 4.74 Å². The molecular formula is C14H11N3O2. The lowest BCUT2D eigenvalue weighted by atomic mass is 10.3. The van der Waals surface area contributed by atoms with Crippen LogP contribution in [0, 0.1) is 6.92 Å². The highest BCUT2D eigenvalue weighted by Gasteiger charge is 2.07. The molecule has 0 aliphatic heterocycles. The molecular weight excluding hydrogens is 242 g/mol. The molecule has 2 heterocycles. The molecule has 0 bridgehead atoms. The van der Waals surface area contributed by atoms with Gasteiger partial charge in [0.2, 0.25) is 0 Å². The summed E-state index contributed by atoms with van der Waals surface area (Å²) in [6, 6.07) is 14.6. The summed E-state index contributed by atoms with van der Waals surface area (Å²) in [6.07, 6.45) is 0. The zero-order valence-corrected chi connectivity index (χ0v) is 10.3. The van der Waals surface area contributed by atoms with Crippen molar-refractivity contribution in [2.75, 3.05) is 0 Å². The zero-order valence-electron chi connectivity index (χ0n) is 10.3. The summed E-state index contributed by atoms with van der Waals surface area (Å²) in [7, 11) is 0. The molecule has 3 rings (SSSR count). The Morgan fingerprint density at radius 2 is 1.79 bits per heavy atom. The van der Waals surface area contributed by atoms with E-state index in [-0.39, 0.29) is 6.01 Å². The van der Waals surface area contributed by atoms with E-state index in [1.54, 1.807) is 18.2 Å². The molecule has 0 aliphatic rings. The van der Waals surface area contributed by atoms with Crippen molar-refractivity contribution in [3.8, 4) is 11.8 Å². The van der Waals surface area contributed by atoms with Crippen LogP contribution < -0.4 is 10.4 Å². The van der Waals surface area contributed by atoms with Gasteiger partial charge in [0.25, 0.3) is 0 Å². The van der Waals surface area contributed by atoms with Crippen molar-refractivity contribution in [2.24, 2.45) is 0 Å². The van der Waals surface area contributed by atoms with Gasteiger partial charge in [0.05, 0.1) is 0 Å². The van der Waals surface area contributed by atoms with Gasteiger partial charge in [-0.2, -0.15) is 4.98 Å². The monoisotopic (exact) mass is 253 g/mol. The van der Waals surface area contributed by atoms with Crippen LogP contribution in [0.4, 0.5) is 0 Å². The Balaban J connectivity index is 2.10. The average Bonchev–Trinajstić information content (AvgIpc) is 2.39. The second kappa shape index (κ2) is 4.53. The number of aryl methyl sites for hydroxylation is 1. The fraction of sp³-hybridized carbons (Fsp3) is 0.0714. The summed E-state index contributed by atoms with van der Waals surface area (Å²) in [5.41, 5.74) is 0.911. The summed E-state index contributed by atoms with van der Waals surface area (Å²) >= 11 is 0. The number of hydrogen-bond donors (Lipinski definition) is 0. The molecule has 5 nitrogen and oxygen atoms in total. The third-order valence-electron chi connectivity index (χ3n) is 2.71. The Hall–Kier alpha value is -2.69. The minimum atomic E-state index is -0.394. The number of hydrogen-bond acceptors (Lipinski definition) is 4. The molecule has 0 saturated heterocycles. The van der Waals surface area contributed by atoms with E-state index >= 15 is 0 Å². The van der Waals surface area contributed by atoms with Crippen molar-refractivity contribution in [3.63, 3.8) is 0 Å². The van der Waals surface area contributed by atoms with Crippen LogP contribution in [0.25, 0.3) is 5.65 Å². The van der Waals surface area contributed by atoms with Crippen LogP contribution >= 0.6 is 0 Å². The van der Waals surface area contributed by atoms with Crippen LogP contribution in [0.15, 0.2) is 53.3 Å². The number of ether oxygens (including phenoxy) is 1. The van der Waals surface area contributed by atoms with Crippen molar-refractivity contribution >= 4 is 5.65 Å². The number of nitrogens with zero attached hydrogens (tertiary/aromatic N) is 3. The van der Waals surface area contributed by atoms with Crippen molar-refractivity contribution in [1.29, 1.82) is 0 Å². The first-order chi connectivity index (χ1) is 9.24. The topological polar surface area (TPSA) is 56.5 Å². The zero-order chi connectivity index (χ0) is 13.2. The largest absolute Gasteiger partial charge is 0.424 e. The minimum absolute atomic E-state index is 0.0572. The lowest BCUT2D eigenvalue weighted by Gasteiger charge is -2.06. The molecule has 0 radical (unpaired) electrons. The standard InChI is InChI=1S/C14H11N3O2/c1-10-6-5-9-12-15-13(16-14(18)17(10)12)19-11-7-3-2-4-8-11/h2-9H,1H3. The van der Waals surface area contributed by atoms with Crippen LogP contribution in [0.5, 0.6) is 11.8 Å². The van der Waals surface area contributed by atoms with E-state index in [1.165, 1.54) is 4.40 Å². The molecule has 94 valence electrons. The molecule has 2 aromatic heterocycles. The number of fused-ring (bicyclic) bond motifs is 1. The number of benzene rings is 1. The Morgan fingerprint density at radius 3 is 2.58 bits per heavy atom. The van der Waals surface area contributed by atoms with Crippen molar-refractivity contribution in [2.45, 2.75) is 6.92 Å². The molecule has 1 aromatic carbocycles. The van der Waals surface area contributed by atoms with Crippen molar-refractivity contribution < 1.29 is 4.74 Å². The van der Waals surface area contributed by atoms with Gasteiger partial charge >= 0.3 is 11.7 Å². The van der Waals surface area contributed by atoms with Gasteiger partial charge in [0.15, 0.2) is 0 Å². The van der Waals surface area contributed by atoms with Gasteiger partial charge in [0, 0.05) is 5.69 Å². The van der Waals surface area contributed by atoms with E-state index < -0.39 is 5.69 Å². The predicted octanol–water partition coefficient (Wildman–Crippen LogP) is 2.19. The van der Waals surface area contributed by atoms with E-state index in [2.05, 4.69) is 9.97 Å². The van der Waals surface area contributed by atoms with Gasteiger partial charge in [-0.05, 0) is 31.2 Å². The third-order valence-corrected chi connectivity index (χ3v) is 2.71. The summed E-state index contributed by atoms with van der Waals surface area (Å²) in [6.45, 7) is 1.83. The summed E-state index contributed by atoms with van der Waals surface area (Å²) in [5.74, 6) is 0.596. The normalized spacial score (nSPS) is 10.6. The average molecular weight is 253 g/mol. The number of aromatic nitrogens is 3. The summed E-state index contributed by atoms with van der Waals surface area (Å²) in [5, 5.41) is 0. The second-order valence-corrected chi connectivity index (χ2v) is 4.06. The van der Waals surface area contributed by atoms with Gasteiger partial charge in [-0.25, -0.2) is 9.20 Å². The molecule has 0 saturated carbocycles. The van der Waals surface area contributed by atoms with Gasteiger partial charge in [0.1, 0.15) is 11.4 Å². The first-order valence-electron chi connectivity index (χ1n) is 5.83. The highest BCUT2D eigenvalue weighted by atomic mass is 16.5. The molecule has 0 atom stereocenters. The molecule has 0 N–H and O–H groups in total. The molecule has 0 amide bonds. The van der Waals surface area contributed by atoms with E-state index in [0.29, 0.717) is 11.4 Å². The van der Waals surface area contributed by atoms with Gasteiger partial charge in [-0.15, -0.1) is 4.98 Å². The van der Waals surface area contributed by atoms with Crippen LogP contribution in [0.3, 0.4) is 0 Å².